The van der Waals surface area contributed by atoms with E-state index in [1.165, 1.54) is 17.0 Å². The molecule has 8 nitrogen and oxygen atoms in total. The summed E-state index contributed by atoms with van der Waals surface area (Å²) >= 11 is 0. The van der Waals surface area contributed by atoms with Gasteiger partial charge in [0, 0.05) is 25.7 Å². The molecule has 3 amide bonds. The Morgan fingerprint density at radius 1 is 1.37 bits per heavy atom. The van der Waals surface area contributed by atoms with Gasteiger partial charge in [0.15, 0.2) is 5.96 Å². The van der Waals surface area contributed by atoms with Crippen LogP contribution in [0.2, 0.25) is 0 Å². The van der Waals surface area contributed by atoms with Crippen LogP contribution in [-0.2, 0) is 4.79 Å². The van der Waals surface area contributed by atoms with Crippen molar-refractivity contribution in [2.24, 2.45) is 4.99 Å². The third kappa shape index (κ3) is 6.43. The number of guanidine groups is 1. The Balaban J connectivity index is 1.86. The number of benzene rings is 1. The van der Waals surface area contributed by atoms with Crippen LogP contribution in [0.3, 0.4) is 0 Å². The minimum absolute atomic E-state index is 0.0442. The minimum Gasteiger partial charge on any atom is -0.488 e. The first kappa shape index (κ1) is 20.5. The largest absolute Gasteiger partial charge is 0.488 e. The van der Waals surface area contributed by atoms with E-state index in [0.717, 1.165) is 0 Å². The van der Waals surface area contributed by atoms with E-state index in [4.69, 9.17) is 4.74 Å². The monoisotopic (exact) mass is 379 g/mol. The number of rotatable bonds is 9. The van der Waals surface area contributed by atoms with E-state index in [1.54, 1.807) is 12.1 Å². The quantitative estimate of drug-likeness (QED) is 0.339. The second-order valence-electron chi connectivity index (χ2n) is 5.96. The molecule has 1 aliphatic heterocycles. The highest BCUT2D eigenvalue weighted by Crippen LogP contribution is 2.15. The van der Waals surface area contributed by atoms with Gasteiger partial charge in [-0.3, -0.25) is 9.69 Å². The number of urea groups is 1. The fraction of sp³-hybridized carbons (Fsp3) is 0.500. The number of carbonyl (C=O) groups excluding carboxylic acids is 2. The summed E-state index contributed by atoms with van der Waals surface area (Å²) < 4.78 is 19.1. The zero-order chi connectivity index (χ0) is 19.6. The minimum atomic E-state index is -0.377. The van der Waals surface area contributed by atoms with Crippen LogP contribution in [0.5, 0.6) is 5.75 Å². The topological polar surface area (TPSA) is 95.1 Å². The third-order valence-electron chi connectivity index (χ3n) is 3.92. The number of carbonyl (C=O) groups is 2. The average Bonchev–Trinajstić information content (AvgIpc) is 2.97. The molecule has 1 aromatic rings. The van der Waals surface area contributed by atoms with Crippen LogP contribution in [-0.4, -0.2) is 61.6 Å². The summed E-state index contributed by atoms with van der Waals surface area (Å²) in [6.45, 7) is 5.63. The number of hydrogen-bond donors (Lipinski definition) is 3. The first-order chi connectivity index (χ1) is 13.0. The fourth-order valence-electron chi connectivity index (χ4n) is 2.49. The molecule has 1 aliphatic rings. The number of aliphatic imine (C=N–C) groups is 1. The normalized spacial score (nSPS) is 15.5. The van der Waals surface area contributed by atoms with Crippen molar-refractivity contribution in [1.82, 2.24) is 20.9 Å². The van der Waals surface area contributed by atoms with Gasteiger partial charge in [0.25, 0.3) is 0 Å². The summed E-state index contributed by atoms with van der Waals surface area (Å²) in [6, 6.07) is 5.63. The number of nitrogens with one attached hydrogen (secondary N) is 3. The molecule has 9 heteroatoms. The van der Waals surface area contributed by atoms with Gasteiger partial charge in [-0.15, -0.1) is 0 Å². The molecule has 1 heterocycles. The zero-order valence-corrected chi connectivity index (χ0v) is 15.6. The smallest absolute Gasteiger partial charge is 0.324 e. The van der Waals surface area contributed by atoms with E-state index >= 15 is 0 Å². The Morgan fingerprint density at radius 2 is 2.19 bits per heavy atom. The second kappa shape index (κ2) is 10.3. The molecule has 1 saturated heterocycles. The summed E-state index contributed by atoms with van der Waals surface area (Å²) in [5.41, 5.74) is 0. The zero-order valence-electron chi connectivity index (χ0n) is 15.6. The van der Waals surface area contributed by atoms with Gasteiger partial charge in [0.1, 0.15) is 17.7 Å². The Hall–Kier alpha value is -2.84. The lowest BCUT2D eigenvalue weighted by Gasteiger charge is -2.18. The molecule has 1 fully saturated rings. The highest BCUT2D eigenvalue weighted by molar-refractivity contribution is 6.01. The van der Waals surface area contributed by atoms with Crippen molar-refractivity contribution in [3.63, 3.8) is 0 Å². The first-order valence-electron chi connectivity index (χ1n) is 9.06. The molecule has 0 radical (unpaired) electrons. The summed E-state index contributed by atoms with van der Waals surface area (Å²) in [5, 5.41) is 8.67. The highest BCUT2D eigenvalue weighted by Gasteiger charge is 2.27. The standard InChI is InChI=1S/C18H26FN5O3/c1-3-14(27-15-7-5-6-13(19)10-15)11-22-17(20-4-2)21-8-9-24-16(25)12-23-18(24)26/h5-7,10,14H,3-4,8-9,11-12H2,1-2H3,(H,23,26)(H2,20,21,22). The number of ether oxygens (including phenoxy) is 1. The Morgan fingerprint density at radius 3 is 2.81 bits per heavy atom. The number of nitrogens with zero attached hydrogens (tertiary/aromatic N) is 2. The molecule has 1 unspecified atom stereocenters. The second-order valence-corrected chi connectivity index (χ2v) is 5.96. The van der Waals surface area contributed by atoms with Gasteiger partial charge < -0.3 is 20.7 Å². The maximum absolute atomic E-state index is 13.3. The molecule has 148 valence electrons. The molecule has 2 rings (SSSR count). The van der Waals surface area contributed by atoms with Crippen molar-refractivity contribution in [2.45, 2.75) is 26.4 Å². The molecule has 0 saturated carbocycles. The Kier molecular flexibility index (Phi) is 7.84. The highest BCUT2D eigenvalue weighted by atomic mass is 19.1. The van der Waals surface area contributed by atoms with Crippen LogP contribution in [0.4, 0.5) is 9.18 Å². The van der Waals surface area contributed by atoms with Crippen molar-refractivity contribution in [2.75, 3.05) is 32.7 Å². The summed E-state index contributed by atoms with van der Waals surface area (Å²) in [7, 11) is 0. The average molecular weight is 379 g/mol. The Labute approximate surface area is 158 Å². The van der Waals surface area contributed by atoms with Crippen LogP contribution in [0, 0.1) is 5.82 Å². The van der Waals surface area contributed by atoms with Crippen molar-refractivity contribution in [3.8, 4) is 5.75 Å². The first-order valence-corrected chi connectivity index (χ1v) is 9.06. The lowest BCUT2D eigenvalue weighted by atomic mass is 10.2. The van der Waals surface area contributed by atoms with Crippen LogP contribution >= 0.6 is 0 Å². The van der Waals surface area contributed by atoms with Crippen molar-refractivity contribution < 1.29 is 18.7 Å². The molecule has 0 aromatic heterocycles. The number of imide groups is 1. The molecule has 0 spiro atoms. The van der Waals surface area contributed by atoms with Crippen LogP contribution in [0.1, 0.15) is 20.3 Å². The lowest BCUT2D eigenvalue weighted by molar-refractivity contribution is -0.124. The van der Waals surface area contributed by atoms with Crippen LogP contribution < -0.4 is 20.7 Å². The molecule has 1 aromatic carbocycles. The van der Waals surface area contributed by atoms with Crippen molar-refractivity contribution in [1.29, 1.82) is 0 Å². The van der Waals surface area contributed by atoms with Gasteiger partial charge in [-0.05, 0) is 25.5 Å². The summed E-state index contributed by atoms with van der Waals surface area (Å²) in [4.78, 5) is 28.7. The van der Waals surface area contributed by atoms with E-state index in [9.17, 15) is 14.0 Å². The summed E-state index contributed by atoms with van der Waals surface area (Å²) in [5.74, 6) is 0.444. The van der Waals surface area contributed by atoms with E-state index in [0.29, 0.717) is 37.8 Å². The van der Waals surface area contributed by atoms with E-state index in [2.05, 4.69) is 20.9 Å². The molecule has 0 aliphatic carbocycles. The maximum Gasteiger partial charge on any atom is 0.324 e. The van der Waals surface area contributed by atoms with Gasteiger partial charge in [0.05, 0.1) is 13.1 Å². The van der Waals surface area contributed by atoms with E-state index in [1.807, 2.05) is 13.8 Å². The molecule has 1 atom stereocenters. The lowest BCUT2D eigenvalue weighted by Crippen LogP contribution is -2.43. The predicted molar refractivity (Wildman–Crippen MR) is 100 cm³/mol. The van der Waals surface area contributed by atoms with Crippen molar-refractivity contribution >= 4 is 17.9 Å². The number of amides is 3. The molecule has 3 N–H and O–H groups in total. The van der Waals surface area contributed by atoms with Crippen molar-refractivity contribution in [3.05, 3.63) is 30.1 Å². The number of halogens is 1. The molecule has 27 heavy (non-hydrogen) atoms. The van der Waals surface area contributed by atoms with Gasteiger partial charge >= 0.3 is 6.03 Å². The molecular weight excluding hydrogens is 353 g/mol. The SMILES string of the molecule is CCNC(=NCC(CC)Oc1cccc(F)c1)NCCN1C(=O)CNC1=O. The van der Waals surface area contributed by atoms with Gasteiger partial charge in [0.2, 0.25) is 5.91 Å². The number of hydrogen-bond acceptors (Lipinski definition) is 4. The third-order valence-corrected chi connectivity index (χ3v) is 3.92. The summed E-state index contributed by atoms with van der Waals surface area (Å²) in [6.07, 6.45) is 0.509. The Bertz CT molecular complexity index is 667. The maximum atomic E-state index is 13.3. The van der Waals surface area contributed by atoms with Gasteiger partial charge in [-0.2, -0.15) is 0 Å². The van der Waals surface area contributed by atoms with Gasteiger partial charge in [-0.1, -0.05) is 13.0 Å². The van der Waals surface area contributed by atoms with Crippen LogP contribution in [0.15, 0.2) is 29.3 Å². The van der Waals surface area contributed by atoms with E-state index < -0.39 is 0 Å². The van der Waals surface area contributed by atoms with Crippen LogP contribution in [0.25, 0.3) is 0 Å². The van der Waals surface area contributed by atoms with Gasteiger partial charge in [-0.25, -0.2) is 14.2 Å². The predicted octanol–water partition coefficient (Wildman–Crippen LogP) is 1.09. The molecule has 0 bridgehead atoms. The molecular formula is C18H26FN5O3. The van der Waals surface area contributed by atoms with E-state index in [-0.39, 0.29) is 36.9 Å². The fourth-order valence-corrected chi connectivity index (χ4v) is 2.49.